The van der Waals surface area contributed by atoms with Gasteiger partial charge in [0.1, 0.15) is 11.1 Å². The van der Waals surface area contributed by atoms with Crippen molar-refractivity contribution in [1.82, 2.24) is 29.7 Å². The molecule has 3 aliphatic heterocycles. The van der Waals surface area contributed by atoms with Crippen molar-refractivity contribution in [2.75, 3.05) is 56.2 Å². The smallest absolute Gasteiger partial charge is 0.259 e. The van der Waals surface area contributed by atoms with Crippen molar-refractivity contribution in [2.24, 2.45) is 12.1 Å². The van der Waals surface area contributed by atoms with Gasteiger partial charge in [0.25, 0.3) is 5.91 Å². The molecule has 13 heteroatoms. The lowest BCUT2D eigenvalue weighted by Gasteiger charge is -2.29. The molecule has 3 aliphatic rings. The summed E-state index contributed by atoms with van der Waals surface area (Å²) in [6, 6.07) is 2.46. The number of carbonyl (C=O) groups is 1. The molecule has 1 saturated heterocycles. The zero-order valence-corrected chi connectivity index (χ0v) is 23.3. The SMILES string of the molecule is Cn1cc(C(=O)Nc2sc3c(c2C#N)CCN(c2ncc(C4CC=NN4CCCN4CCOCC4)cn2)C3)cn1. The molecule has 0 radical (unpaired) electrons. The number of hydrazone groups is 1. The van der Waals surface area contributed by atoms with Crippen LogP contribution in [0.15, 0.2) is 29.9 Å². The maximum absolute atomic E-state index is 12.7. The largest absolute Gasteiger partial charge is 0.379 e. The second-order valence-corrected chi connectivity index (χ2v) is 11.3. The van der Waals surface area contributed by atoms with Crippen molar-refractivity contribution in [2.45, 2.75) is 31.8 Å². The second kappa shape index (κ2) is 11.7. The molecule has 208 valence electrons. The van der Waals surface area contributed by atoms with Gasteiger partial charge in [0, 0.05) is 81.4 Å². The molecular weight excluding hydrogens is 528 g/mol. The van der Waals surface area contributed by atoms with Crippen LogP contribution in [-0.4, -0.2) is 87.7 Å². The summed E-state index contributed by atoms with van der Waals surface area (Å²) in [7, 11) is 1.76. The lowest BCUT2D eigenvalue weighted by Crippen LogP contribution is -2.37. The summed E-state index contributed by atoms with van der Waals surface area (Å²) in [5, 5.41) is 24.1. The summed E-state index contributed by atoms with van der Waals surface area (Å²) in [5.41, 5.74) is 3.06. The number of ether oxygens (including phenoxy) is 1. The van der Waals surface area contributed by atoms with Crippen LogP contribution in [0.4, 0.5) is 10.9 Å². The van der Waals surface area contributed by atoms with E-state index < -0.39 is 0 Å². The van der Waals surface area contributed by atoms with Gasteiger partial charge in [-0.25, -0.2) is 9.97 Å². The van der Waals surface area contributed by atoms with Gasteiger partial charge >= 0.3 is 0 Å². The zero-order valence-electron chi connectivity index (χ0n) is 22.5. The van der Waals surface area contributed by atoms with E-state index in [2.05, 4.69) is 36.4 Å². The minimum atomic E-state index is -0.273. The number of amides is 1. The number of rotatable bonds is 8. The van der Waals surface area contributed by atoms with Crippen LogP contribution < -0.4 is 10.2 Å². The van der Waals surface area contributed by atoms with E-state index in [1.54, 1.807) is 17.9 Å². The predicted octanol–water partition coefficient (Wildman–Crippen LogP) is 2.41. The van der Waals surface area contributed by atoms with E-state index in [0.29, 0.717) is 41.6 Å². The Morgan fingerprint density at radius 2 is 2.02 bits per heavy atom. The third kappa shape index (κ3) is 5.56. The maximum Gasteiger partial charge on any atom is 0.259 e. The van der Waals surface area contributed by atoms with Gasteiger partial charge in [0.15, 0.2) is 0 Å². The number of nitriles is 1. The highest BCUT2D eigenvalue weighted by atomic mass is 32.1. The molecule has 0 bridgehead atoms. The summed E-state index contributed by atoms with van der Waals surface area (Å²) in [4.78, 5) is 27.7. The average molecular weight is 561 g/mol. The molecule has 1 fully saturated rings. The van der Waals surface area contributed by atoms with Crippen molar-refractivity contribution in [3.05, 3.63) is 51.9 Å². The Labute approximate surface area is 236 Å². The van der Waals surface area contributed by atoms with Crippen LogP contribution in [0.2, 0.25) is 0 Å². The van der Waals surface area contributed by atoms with E-state index in [1.165, 1.54) is 17.5 Å². The fourth-order valence-electron chi connectivity index (χ4n) is 5.42. The predicted molar refractivity (Wildman–Crippen MR) is 151 cm³/mol. The number of morpholine rings is 1. The van der Waals surface area contributed by atoms with E-state index in [1.807, 2.05) is 18.6 Å². The zero-order chi connectivity index (χ0) is 27.5. The lowest BCUT2D eigenvalue weighted by molar-refractivity contribution is 0.0357. The van der Waals surface area contributed by atoms with E-state index in [0.717, 1.165) is 68.2 Å². The maximum atomic E-state index is 12.7. The molecule has 0 aromatic carbocycles. The summed E-state index contributed by atoms with van der Waals surface area (Å²) in [6.07, 6.45) is 11.6. The molecule has 3 aromatic heterocycles. The van der Waals surface area contributed by atoms with Crippen LogP contribution in [0.1, 0.15) is 50.8 Å². The van der Waals surface area contributed by atoms with Gasteiger partial charge in [-0.2, -0.15) is 15.5 Å². The standard InChI is InChI=1S/C27H32N10O2S/c1-34-17-20(16-32-34)25(38)33-26-22(13-28)21-4-8-36(18-24(21)40-26)27-29-14-19(15-30-27)23-3-5-31-37(23)7-2-6-35-9-11-39-12-10-35/h5,14-17,23H,2-4,6-12,18H2,1H3,(H,33,38). The summed E-state index contributed by atoms with van der Waals surface area (Å²) < 4.78 is 7.02. The summed E-state index contributed by atoms with van der Waals surface area (Å²) >= 11 is 1.44. The third-order valence-electron chi connectivity index (χ3n) is 7.57. The van der Waals surface area contributed by atoms with Crippen LogP contribution in [0.5, 0.6) is 0 Å². The molecule has 0 aliphatic carbocycles. The molecule has 1 amide bonds. The van der Waals surface area contributed by atoms with Crippen LogP contribution in [0, 0.1) is 11.3 Å². The number of nitrogens with one attached hydrogen (secondary N) is 1. The minimum absolute atomic E-state index is 0.160. The van der Waals surface area contributed by atoms with Crippen molar-refractivity contribution >= 4 is 34.4 Å². The number of nitrogens with zero attached hydrogens (tertiary/aromatic N) is 9. The van der Waals surface area contributed by atoms with E-state index in [9.17, 15) is 10.1 Å². The van der Waals surface area contributed by atoms with Gasteiger partial charge in [-0.3, -0.25) is 19.4 Å². The first kappa shape index (κ1) is 26.4. The lowest BCUT2D eigenvalue weighted by atomic mass is 10.0. The van der Waals surface area contributed by atoms with Crippen molar-refractivity contribution < 1.29 is 9.53 Å². The van der Waals surface area contributed by atoms with Gasteiger partial charge in [0.2, 0.25) is 5.95 Å². The molecule has 1 N–H and O–H groups in total. The number of aromatic nitrogens is 4. The van der Waals surface area contributed by atoms with E-state index in [-0.39, 0.29) is 11.9 Å². The fraction of sp³-hybridized carbons (Fsp3) is 0.481. The molecule has 1 atom stereocenters. The third-order valence-corrected chi connectivity index (χ3v) is 8.70. The topological polar surface area (TPSA) is 128 Å². The first-order valence-electron chi connectivity index (χ1n) is 13.6. The van der Waals surface area contributed by atoms with Gasteiger partial charge in [-0.1, -0.05) is 0 Å². The monoisotopic (exact) mass is 560 g/mol. The van der Waals surface area contributed by atoms with E-state index >= 15 is 0 Å². The Bertz CT molecular complexity index is 1420. The molecule has 6 heterocycles. The van der Waals surface area contributed by atoms with Gasteiger partial charge < -0.3 is 15.0 Å². The highest BCUT2D eigenvalue weighted by Gasteiger charge is 2.28. The van der Waals surface area contributed by atoms with Gasteiger partial charge in [-0.15, -0.1) is 11.3 Å². The van der Waals surface area contributed by atoms with Crippen LogP contribution in [-0.2, 0) is 24.8 Å². The Morgan fingerprint density at radius 3 is 2.77 bits per heavy atom. The molecule has 0 saturated carbocycles. The van der Waals surface area contributed by atoms with Crippen LogP contribution in [0.25, 0.3) is 0 Å². The average Bonchev–Trinajstić information content (AvgIpc) is 3.71. The summed E-state index contributed by atoms with van der Waals surface area (Å²) in [5.74, 6) is 0.394. The normalized spacial score (nSPS) is 19.1. The van der Waals surface area contributed by atoms with Crippen LogP contribution >= 0.6 is 11.3 Å². The highest BCUT2D eigenvalue weighted by Crippen LogP contribution is 2.37. The quantitative estimate of drug-likeness (QED) is 0.442. The first-order valence-corrected chi connectivity index (χ1v) is 14.4. The number of anilines is 2. The number of thiophene rings is 1. The van der Waals surface area contributed by atoms with Gasteiger partial charge in [-0.05, 0) is 18.4 Å². The minimum Gasteiger partial charge on any atom is -0.379 e. The number of fused-ring (bicyclic) bond motifs is 1. The number of aryl methyl sites for hydroxylation is 1. The number of carbonyl (C=O) groups excluding carboxylic acids is 1. The van der Waals surface area contributed by atoms with Crippen molar-refractivity contribution in [3.8, 4) is 6.07 Å². The molecule has 6 rings (SSSR count). The Kier molecular flexibility index (Phi) is 7.72. The fourth-order valence-corrected chi connectivity index (χ4v) is 6.63. The Morgan fingerprint density at radius 1 is 1.20 bits per heavy atom. The molecule has 1 unspecified atom stereocenters. The molecular formula is C27H32N10O2S. The highest BCUT2D eigenvalue weighted by molar-refractivity contribution is 7.16. The van der Waals surface area contributed by atoms with Crippen molar-refractivity contribution in [1.29, 1.82) is 5.26 Å². The molecule has 12 nitrogen and oxygen atoms in total. The van der Waals surface area contributed by atoms with E-state index in [4.69, 9.17) is 14.7 Å². The molecule has 0 spiro atoms. The number of hydrogen-bond donors (Lipinski definition) is 1. The van der Waals surface area contributed by atoms with Gasteiger partial charge in [0.05, 0.1) is 43.1 Å². The van der Waals surface area contributed by atoms with Crippen LogP contribution in [0.3, 0.4) is 0 Å². The second-order valence-electron chi connectivity index (χ2n) is 10.2. The summed E-state index contributed by atoms with van der Waals surface area (Å²) in [6.45, 7) is 6.90. The Hall–Kier alpha value is -3.86. The molecule has 40 heavy (non-hydrogen) atoms. The van der Waals surface area contributed by atoms with Crippen molar-refractivity contribution in [3.63, 3.8) is 0 Å². The Balaban J connectivity index is 1.08. The first-order chi connectivity index (χ1) is 19.6. The molecule has 3 aromatic rings. The number of hydrogen-bond acceptors (Lipinski definition) is 11.